The molecule has 3 atom stereocenters. The van der Waals surface area contributed by atoms with Gasteiger partial charge in [0.2, 0.25) is 5.91 Å². The van der Waals surface area contributed by atoms with E-state index in [4.69, 9.17) is 0 Å². The molecule has 0 aliphatic rings. The summed E-state index contributed by atoms with van der Waals surface area (Å²) in [6, 6.07) is -0.828. The van der Waals surface area contributed by atoms with Gasteiger partial charge in [0.15, 0.2) is 0 Å². The fourth-order valence-electron chi connectivity index (χ4n) is 8.75. The zero-order chi connectivity index (χ0) is 44.4. The van der Waals surface area contributed by atoms with Crippen molar-refractivity contribution in [2.75, 3.05) is 6.61 Å². The molecule has 0 saturated carbocycles. The zero-order valence-electron chi connectivity index (χ0n) is 41.3. The maximum Gasteiger partial charge on any atom is 0.220 e. The highest BCUT2D eigenvalue weighted by molar-refractivity contribution is 5.76. The van der Waals surface area contributed by atoms with Crippen molar-refractivity contribution in [3.05, 3.63) is 24.3 Å². The van der Waals surface area contributed by atoms with E-state index in [0.717, 1.165) is 38.5 Å². The topological polar surface area (TPSA) is 89.8 Å². The van der Waals surface area contributed by atoms with Gasteiger partial charge in [0.05, 0.1) is 18.8 Å². The number of allylic oxidation sites excluding steroid dienone is 4. The van der Waals surface area contributed by atoms with Crippen LogP contribution in [0.25, 0.3) is 0 Å². The number of carbonyl (C=O) groups excluding carboxylic acids is 1. The van der Waals surface area contributed by atoms with Crippen LogP contribution >= 0.6 is 0 Å². The molecular weight excluding hydrogens is 751 g/mol. The van der Waals surface area contributed by atoms with Gasteiger partial charge in [0.25, 0.3) is 0 Å². The van der Waals surface area contributed by atoms with Crippen molar-refractivity contribution >= 4 is 5.91 Å². The fourth-order valence-corrected chi connectivity index (χ4v) is 8.75. The maximum absolute atomic E-state index is 12.5. The van der Waals surface area contributed by atoms with Gasteiger partial charge in [0.1, 0.15) is 6.10 Å². The standard InChI is InChI=1S/C56H109NO4/c1-3-5-7-9-11-13-15-17-19-21-23-25-27-29-30-32-34-36-38-40-42-44-46-48-50-54(59)56(61)53(52-58)57-55(60)51-49-47-45-43-41-39-37-35-33-31-28-26-24-22-20-18-16-14-12-10-8-6-4-2/h31,33,42,44,53-54,56,58-59,61H,3-30,32,34-41,43,45-52H2,1-2H3,(H,57,60)/b33-31-,44-42+. The predicted molar refractivity (Wildman–Crippen MR) is 268 cm³/mol. The summed E-state index contributed by atoms with van der Waals surface area (Å²) in [5.41, 5.74) is 0. The van der Waals surface area contributed by atoms with Crippen LogP contribution in [-0.4, -0.2) is 46.1 Å². The van der Waals surface area contributed by atoms with Crippen LogP contribution in [0.5, 0.6) is 0 Å². The molecule has 0 rings (SSSR count). The minimum Gasteiger partial charge on any atom is -0.394 e. The molecule has 5 heteroatoms. The summed E-state index contributed by atoms with van der Waals surface area (Å²) in [5, 5.41) is 33.7. The summed E-state index contributed by atoms with van der Waals surface area (Å²) >= 11 is 0. The van der Waals surface area contributed by atoms with Crippen LogP contribution in [0.4, 0.5) is 0 Å². The Morgan fingerprint density at radius 1 is 0.393 bits per heavy atom. The highest BCUT2D eigenvalue weighted by Gasteiger charge is 2.26. The first-order valence-electron chi connectivity index (χ1n) is 27.6. The third kappa shape index (κ3) is 46.6. The second kappa shape index (κ2) is 51.5. The summed E-state index contributed by atoms with van der Waals surface area (Å²) in [6.45, 7) is 4.20. The van der Waals surface area contributed by atoms with Gasteiger partial charge in [-0.25, -0.2) is 0 Å². The van der Waals surface area contributed by atoms with Crippen molar-refractivity contribution in [2.45, 2.75) is 321 Å². The van der Waals surface area contributed by atoms with Gasteiger partial charge in [-0.15, -0.1) is 0 Å². The molecule has 0 heterocycles. The van der Waals surface area contributed by atoms with E-state index in [9.17, 15) is 20.1 Å². The van der Waals surface area contributed by atoms with Gasteiger partial charge in [0, 0.05) is 6.42 Å². The van der Waals surface area contributed by atoms with Crippen LogP contribution in [0.1, 0.15) is 303 Å². The molecule has 362 valence electrons. The molecule has 4 N–H and O–H groups in total. The lowest BCUT2D eigenvalue weighted by Crippen LogP contribution is -2.50. The van der Waals surface area contributed by atoms with E-state index >= 15 is 0 Å². The first kappa shape index (κ1) is 59.8. The number of aliphatic hydroxyl groups excluding tert-OH is 3. The second-order valence-corrected chi connectivity index (χ2v) is 19.1. The molecule has 0 saturated heterocycles. The Bertz CT molecular complexity index is 905. The Kier molecular flexibility index (Phi) is 50.5. The molecule has 0 aromatic rings. The van der Waals surface area contributed by atoms with Gasteiger partial charge >= 0.3 is 0 Å². The van der Waals surface area contributed by atoms with Crippen LogP contribution in [-0.2, 0) is 4.79 Å². The number of aliphatic hydroxyl groups is 3. The molecule has 0 aliphatic heterocycles. The lowest BCUT2D eigenvalue weighted by atomic mass is 10.0. The first-order valence-corrected chi connectivity index (χ1v) is 27.6. The van der Waals surface area contributed by atoms with Gasteiger partial charge in [-0.05, 0) is 64.2 Å². The Morgan fingerprint density at radius 3 is 0.951 bits per heavy atom. The average molecular weight is 860 g/mol. The van der Waals surface area contributed by atoms with Crippen molar-refractivity contribution in [2.24, 2.45) is 0 Å². The lowest BCUT2D eigenvalue weighted by molar-refractivity contribution is -0.124. The number of hydrogen-bond donors (Lipinski definition) is 4. The Hall–Kier alpha value is -1.17. The quantitative estimate of drug-likeness (QED) is 0.0362. The van der Waals surface area contributed by atoms with Gasteiger partial charge in [-0.2, -0.15) is 0 Å². The summed E-state index contributed by atoms with van der Waals surface area (Å²) in [4.78, 5) is 12.5. The maximum atomic E-state index is 12.5. The highest BCUT2D eigenvalue weighted by Crippen LogP contribution is 2.17. The summed E-state index contributed by atoms with van der Waals surface area (Å²) < 4.78 is 0. The smallest absolute Gasteiger partial charge is 0.220 e. The summed E-state index contributed by atoms with van der Waals surface area (Å²) in [5.74, 6) is -0.154. The minimum atomic E-state index is -1.16. The normalized spacial score (nSPS) is 13.5. The molecule has 5 nitrogen and oxygen atoms in total. The molecule has 0 aromatic carbocycles. The molecule has 0 aromatic heterocycles. The lowest BCUT2D eigenvalue weighted by Gasteiger charge is -2.26. The van der Waals surface area contributed by atoms with Crippen molar-refractivity contribution < 1.29 is 20.1 Å². The van der Waals surface area contributed by atoms with E-state index in [2.05, 4.69) is 43.5 Å². The molecule has 3 unspecified atom stereocenters. The number of nitrogens with one attached hydrogen (secondary N) is 1. The number of hydrogen-bond acceptors (Lipinski definition) is 4. The monoisotopic (exact) mass is 860 g/mol. The van der Waals surface area contributed by atoms with Gasteiger partial charge in [-0.1, -0.05) is 256 Å². The van der Waals surface area contributed by atoms with Crippen molar-refractivity contribution in [1.29, 1.82) is 0 Å². The van der Waals surface area contributed by atoms with E-state index in [0.29, 0.717) is 12.8 Å². The summed E-state index contributed by atoms with van der Waals surface area (Å²) in [6.07, 6.45) is 64.7. The SMILES string of the molecule is CCCCCCCCCCCCCC/C=C\CCCCCCCCCC(=O)NC(CO)C(O)C(O)CCC/C=C/CCCCCCCCCCCCCCCCCCCCC. The molecule has 1 amide bonds. The number of amides is 1. The van der Waals surface area contributed by atoms with Crippen molar-refractivity contribution in [3.63, 3.8) is 0 Å². The molecule has 0 bridgehead atoms. The van der Waals surface area contributed by atoms with E-state index in [-0.39, 0.29) is 12.5 Å². The Labute approximate surface area is 382 Å². The molecule has 0 spiro atoms. The van der Waals surface area contributed by atoms with Crippen molar-refractivity contribution in [3.8, 4) is 0 Å². The van der Waals surface area contributed by atoms with E-state index < -0.39 is 18.2 Å². The highest BCUT2D eigenvalue weighted by atomic mass is 16.3. The Morgan fingerprint density at radius 2 is 0.656 bits per heavy atom. The third-order valence-corrected chi connectivity index (χ3v) is 13.0. The average Bonchev–Trinajstić information content (AvgIpc) is 3.26. The van der Waals surface area contributed by atoms with Crippen LogP contribution in [0.3, 0.4) is 0 Å². The molecule has 0 aliphatic carbocycles. The summed E-state index contributed by atoms with van der Waals surface area (Å²) in [7, 11) is 0. The molecule has 61 heavy (non-hydrogen) atoms. The van der Waals surface area contributed by atoms with E-state index in [1.165, 1.54) is 238 Å². The number of carbonyl (C=O) groups is 1. The number of unbranched alkanes of at least 4 members (excludes halogenated alkanes) is 39. The number of rotatable bonds is 51. The van der Waals surface area contributed by atoms with Crippen LogP contribution in [0.15, 0.2) is 24.3 Å². The van der Waals surface area contributed by atoms with Crippen LogP contribution < -0.4 is 5.32 Å². The minimum absolute atomic E-state index is 0.154. The van der Waals surface area contributed by atoms with Crippen molar-refractivity contribution in [1.82, 2.24) is 5.32 Å². The van der Waals surface area contributed by atoms with Gasteiger partial charge < -0.3 is 20.6 Å². The van der Waals surface area contributed by atoms with E-state index in [1.807, 2.05) is 0 Å². The zero-order valence-corrected chi connectivity index (χ0v) is 41.3. The predicted octanol–water partition coefficient (Wildman–Crippen LogP) is 16.9. The van der Waals surface area contributed by atoms with Crippen LogP contribution in [0, 0.1) is 0 Å². The molecule has 0 radical (unpaired) electrons. The van der Waals surface area contributed by atoms with E-state index in [1.54, 1.807) is 0 Å². The molecular formula is C56H109NO4. The molecule has 0 fully saturated rings. The van der Waals surface area contributed by atoms with Gasteiger partial charge in [-0.3, -0.25) is 4.79 Å². The van der Waals surface area contributed by atoms with Crippen LogP contribution in [0.2, 0.25) is 0 Å². The largest absolute Gasteiger partial charge is 0.394 e. The second-order valence-electron chi connectivity index (χ2n) is 19.1. The fraction of sp³-hybridized carbons (Fsp3) is 0.911. The first-order chi connectivity index (χ1) is 30.1. The third-order valence-electron chi connectivity index (χ3n) is 13.0. The Balaban J connectivity index is 3.58.